The van der Waals surface area contributed by atoms with Gasteiger partial charge in [0.1, 0.15) is 0 Å². The third kappa shape index (κ3) is 25.2. The van der Waals surface area contributed by atoms with Gasteiger partial charge >= 0.3 is 59.5 Å². The van der Waals surface area contributed by atoms with Crippen LogP contribution in [0, 0.1) is 0 Å². The summed E-state index contributed by atoms with van der Waals surface area (Å²) in [5.74, 6) is 0. The van der Waals surface area contributed by atoms with Crippen LogP contribution in [0.15, 0.2) is 0 Å². The summed E-state index contributed by atoms with van der Waals surface area (Å²) in [5.41, 5.74) is 0. The van der Waals surface area contributed by atoms with E-state index < -0.39 is 14.9 Å². The normalized spacial score (nSPS) is 3.40. The first-order chi connectivity index (χ1) is 2.41. The third-order valence-electron chi connectivity index (χ3n) is 0. The monoisotopic (exact) mass is 336 g/mol. The summed E-state index contributed by atoms with van der Waals surface area (Å²) in [6, 6.07) is 0. The zero-order valence-corrected chi connectivity index (χ0v) is 8.47. The topological polar surface area (TPSA) is 0 Å². The second-order valence-corrected chi connectivity index (χ2v) is 5.01. The van der Waals surface area contributed by atoms with Crippen LogP contribution in [0.25, 0.3) is 0 Å². The van der Waals surface area contributed by atoms with Crippen molar-refractivity contribution in [3.63, 3.8) is 0 Å². The van der Waals surface area contributed by atoms with Gasteiger partial charge in [-0.15, -0.1) is 0 Å². The van der Waals surface area contributed by atoms with Crippen molar-refractivity contribution in [2.24, 2.45) is 0 Å². The summed E-state index contributed by atoms with van der Waals surface area (Å²) in [6.45, 7) is 0. The average Bonchev–Trinajstić information content (AvgIpc) is 1.46. The Hall–Kier alpha value is 1.87. The molecule has 0 aliphatic heterocycles. The van der Waals surface area contributed by atoms with Crippen molar-refractivity contribution in [2.75, 3.05) is 0 Å². The van der Waals surface area contributed by atoms with E-state index in [2.05, 4.69) is 44.6 Å². The number of rotatable bonds is 0. The van der Waals surface area contributed by atoms with Crippen LogP contribution in [0.2, 0.25) is 0 Å². The molecule has 32 valence electrons. The van der Waals surface area contributed by atoms with E-state index in [1.54, 1.807) is 0 Å². The van der Waals surface area contributed by atoms with Gasteiger partial charge in [-0.05, 0) is 0 Å². The van der Waals surface area contributed by atoms with Crippen LogP contribution in [0.5, 0.6) is 0 Å². The molecule has 0 aromatic rings. The Labute approximate surface area is 58.8 Å². The van der Waals surface area contributed by atoms with E-state index >= 15 is 0 Å². The Morgan fingerprint density at radius 3 is 1.20 bits per heavy atom. The molecule has 0 fully saturated rings. The van der Waals surface area contributed by atoms with Crippen LogP contribution in [0.1, 0.15) is 0 Å². The fourth-order valence-electron chi connectivity index (χ4n) is 0. The van der Waals surface area contributed by atoms with Gasteiger partial charge in [-0.2, -0.15) is 0 Å². The summed E-state index contributed by atoms with van der Waals surface area (Å²) in [7, 11) is 12.6. The van der Waals surface area contributed by atoms with Gasteiger partial charge in [0.05, 0.1) is 0 Å². The second kappa shape index (κ2) is 16.9. The van der Waals surface area contributed by atoms with E-state index in [-0.39, 0.29) is 0 Å². The minimum atomic E-state index is -0.583. The Bertz CT molecular complexity index is 36.2. The van der Waals surface area contributed by atoms with Crippen molar-refractivity contribution >= 4 is 30.2 Å². The van der Waals surface area contributed by atoms with Crippen LogP contribution in [0.3, 0.4) is 0 Å². The molecule has 0 atom stereocenters. The van der Waals surface area contributed by atoms with Gasteiger partial charge in [0.2, 0.25) is 0 Å². The Morgan fingerprint density at radius 2 is 1.20 bits per heavy atom. The molecule has 0 unspecified atom stereocenters. The van der Waals surface area contributed by atoms with Crippen LogP contribution >= 0.6 is 30.2 Å². The van der Waals surface area contributed by atoms with E-state index in [0.717, 1.165) is 0 Å². The van der Waals surface area contributed by atoms with Crippen molar-refractivity contribution in [3.8, 4) is 0 Å². The predicted molar refractivity (Wildman–Crippen MR) is 22.8 cm³/mol. The molecule has 0 nitrogen and oxygen atoms in total. The van der Waals surface area contributed by atoms with Gasteiger partial charge in [0.25, 0.3) is 0 Å². The number of hydrogen-bond donors (Lipinski definition) is 0. The molecule has 0 aromatic carbocycles. The Kier molecular flexibility index (Phi) is 33.7. The number of hydrogen-bond acceptors (Lipinski definition) is 3. The van der Waals surface area contributed by atoms with Crippen molar-refractivity contribution < 1.29 is 29.3 Å². The first-order valence-electron chi connectivity index (χ1n) is 0.478. The molecule has 0 radical (unpaired) electrons. The van der Waals surface area contributed by atoms with Crippen molar-refractivity contribution in [1.29, 1.82) is 0 Å². The molecule has 0 amide bonds. The molecule has 0 heterocycles. The Balaban J connectivity index is 0. The molecule has 0 bridgehead atoms. The van der Waals surface area contributed by atoms with E-state index in [1.807, 2.05) is 0 Å². The molecule has 0 rings (SSSR count). The van der Waals surface area contributed by atoms with Crippen LogP contribution in [-0.2, 0) is 29.3 Å². The fraction of sp³-hybridized carbons (Fsp3) is 0. The molecule has 0 saturated carbocycles. The van der Waals surface area contributed by atoms with Gasteiger partial charge in [-0.3, -0.25) is 0 Å². The van der Waals surface area contributed by atoms with E-state index in [9.17, 15) is 0 Å². The summed E-state index contributed by atoms with van der Waals surface area (Å²) >= 11 is 2.25. The maximum absolute atomic E-state index is 4.38. The summed E-state index contributed by atoms with van der Waals surface area (Å²) in [5, 5.41) is 0. The van der Waals surface area contributed by atoms with Gasteiger partial charge in [-0.25, -0.2) is 0 Å². The molecule has 0 aliphatic carbocycles. The summed E-state index contributed by atoms with van der Waals surface area (Å²) in [4.78, 5) is 0. The zero-order valence-electron chi connectivity index (χ0n) is 1.99. The standard InChI is InChI=1S/Fe.3S.W. The zero-order chi connectivity index (χ0) is 4.71. The molecule has 0 saturated heterocycles. The van der Waals surface area contributed by atoms with E-state index in [1.165, 1.54) is 0 Å². The average molecular weight is 336 g/mol. The molecular formula is FeS3W. The molecule has 0 spiro atoms. The van der Waals surface area contributed by atoms with Gasteiger partial charge in [0, 0.05) is 0 Å². The van der Waals surface area contributed by atoms with Crippen molar-refractivity contribution in [2.45, 2.75) is 0 Å². The van der Waals surface area contributed by atoms with Crippen LogP contribution in [-0.4, -0.2) is 0 Å². The summed E-state index contributed by atoms with van der Waals surface area (Å²) in [6.07, 6.45) is 0. The maximum atomic E-state index is 4.38. The molecule has 0 N–H and O–H groups in total. The van der Waals surface area contributed by atoms with Gasteiger partial charge in [0.15, 0.2) is 0 Å². The first kappa shape index (κ1) is 9.98. The first-order valence-corrected chi connectivity index (χ1v) is 9.97. The molecular weight excluding hydrogens is 336 g/mol. The molecule has 0 aliphatic rings. The van der Waals surface area contributed by atoms with Crippen molar-refractivity contribution in [3.05, 3.63) is 0 Å². The van der Waals surface area contributed by atoms with Gasteiger partial charge < -0.3 is 0 Å². The quantitative estimate of drug-likeness (QED) is 0.621. The third-order valence-corrected chi connectivity index (χ3v) is 0. The molecule has 5 heavy (non-hydrogen) atoms. The van der Waals surface area contributed by atoms with E-state index in [0.29, 0.717) is 0 Å². The van der Waals surface area contributed by atoms with Crippen molar-refractivity contribution in [1.82, 2.24) is 0 Å². The molecule has 5 heteroatoms. The molecule has 0 aromatic heterocycles. The fourth-order valence-corrected chi connectivity index (χ4v) is 0. The van der Waals surface area contributed by atoms with Crippen LogP contribution in [0.4, 0.5) is 0 Å². The van der Waals surface area contributed by atoms with E-state index in [4.69, 9.17) is 0 Å². The summed E-state index contributed by atoms with van der Waals surface area (Å²) < 4.78 is 0. The Morgan fingerprint density at radius 1 is 1.20 bits per heavy atom. The second-order valence-electron chi connectivity index (χ2n) is 0.0680. The predicted octanol–water partition coefficient (Wildman–Crippen LogP) is 1.94. The van der Waals surface area contributed by atoms with Gasteiger partial charge in [-0.1, -0.05) is 0 Å². The minimum absolute atomic E-state index is 0.583. The SMILES string of the molecule is [S]=[Fe].[S]=[W]=[S]. The van der Waals surface area contributed by atoms with Crippen LogP contribution < -0.4 is 0 Å².